The summed E-state index contributed by atoms with van der Waals surface area (Å²) < 4.78 is 45.0. The maximum absolute atomic E-state index is 13.1. The van der Waals surface area contributed by atoms with Crippen LogP contribution in [-0.4, -0.2) is 64.8 Å². The van der Waals surface area contributed by atoms with E-state index in [1.54, 1.807) is 19.2 Å². The van der Waals surface area contributed by atoms with Crippen molar-refractivity contribution in [2.45, 2.75) is 44.6 Å². The zero-order chi connectivity index (χ0) is 25.6. The van der Waals surface area contributed by atoms with Crippen LogP contribution in [0.1, 0.15) is 45.9 Å². The highest BCUT2D eigenvalue weighted by atomic mass is 19.4. The van der Waals surface area contributed by atoms with Crippen molar-refractivity contribution in [1.29, 1.82) is 0 Å². The number of H-pyrrole nitrogens is 1. The Morgan fingerprint density at radius 1 is 1.17 bits per heavy atom. The number of nitrogens with zero attached hydrogens (tertiary/aromatic N) is 2. The third-order valence-electron chi connectivity index (χ3n) is 7.85. The Hall–Kier alpha value is -3.04. The molecule has 1 aliphatic heterocycles. The number of alkyl halides is 3. The number of aromatic carboxylic acids is 1. The van der Waals surface area contributed by atoms with E-state index in [1.807, 2.05) is 37.4 Å². The van der Waals surface area contributed by atoms with Crippen LogP contribution >= 0.6 is 0 Å². The van der Waals surface area contributed by atoms with Crippen LogP contribution in [0.3, 0.4) is 0 Å². The lowest BCUT2D eigenvalue weighted by Gasteiger charge is -2.49. The summed E-state index contributed by atoms with van der Waals surface area (Å²) in [5, 5.41) is 10.4. The minimum atomic E-state index is -4.13. The zero-order valence-corrected chi connectivity index (χ0v) is 20.3. The van der Waals surface area contributed by atoms with Gasteiger partial charge in [-0.1, -0.05) is 12.1 Å². The van der Waals surface area contributed by atoms with Gasteiger partial charge >= 0.3 is 12.1 Å². The predicted octanol–water partition coefficient (Wildman–Crippen LogP) is 5.38. The molecule has 192 valence electrons. The standard InChI is InChI=1S/C27H30F3N3O3/c1-16-11-24(36-2)22(21-7-8-31-25(16)21)14-33-10-9-32(20-12-19(13-20)27(28,29)30)15-23(33)17-3-5-18(6-4-17)26(34)35/h3-8,11,19-20,23,31H,9-10,12-15H2,1-2H3,(H,34,35)/t19?,20?,23-/m1/s1. The van der Waals surface area contributed by atoms with Gasteiger partial charge in [-0.05, 0) is 55.2 Å². The third-order valence-corrected chi connectivity index (χ3v) is 7.85. The maximum Gasteiger partial charge on any atom is 0.391 e. The van der Waals surface area contributed by atoms with Gasteiger partial charge in [-0.25, -0.2) is 4.79 Å². The maximum atomic E-state index is 13.1. The summed E-state index contributed by atoms with van der Waals surface area (Å²) >= 11 is 0. The summed E-state index contributed by atoms with van der Waals surface area (Å²) in [6, 6.07) is 10.7. The Labute approximate surface area is 207 Å². The number of fused-ring (bicyclic) bond motifs is 1. The molecule has 0 radical (unpaired) electrons. The molecular formula is C27H30F3N3O3. The van der Waals surface area contributed by atoms with Gasteiger partial charge in [0.05, 0.1) is 18.6 Å². The van der Waals surface area contributed by atoms with Gasteiger partial charge in [0.15, 0.2) is 0 Å². The number of aromatic amines is 1. The summed E-state index contributed by atoms with van der Waals surface area (Å²) in [5.74, 6) is -1.41. The molecule has 1 aliphatic carbocycles. The Balaban J connectivity index is 1.43. The quantitative estimate of drug-likeness (QED) is 0.475. The van der Waals surface area contributed by atoms with Crippen molar-refractivity contribution >= 4 is 16.9 Å². The number of hydrogen-bond acceptors (Lipinski definition) is 4. The first-order valence-corrected chi connectivity index (χ1v) is 12.2. The van der Waals surface area contributed by atoms with E-state index in [0.717, 1.165) is 33.3 Å². The van der Waals surface area contributed by atoms with Gasteiger partial charge in [-0.2, -0.15) is 13.2 Å². The van der Waals surface area contributed by atoms with Crippen LogP contribution in [0, 0.1) is 12.8 Å². The van der Waals surface area contributed by atoms with Crippen LogP contribution in [0.5, 0.6) is 5.75 Å². The van der Waals surface area contributed by atoms with E-state index in [4.69, 9.17) is 4.74 Å². The first-order chi connectivity index (χ1) is 17.2. The predicted molar refractivity (Wildman–Crippen MR) is 130 cm³/mol. The number of ether oxygens (including phenoxy) is 1. The molecule has 9 heteroatoms. The Bertz CT molecular complexity index is 1250. The molecule has 36 heavy (non-hydrogen) atoms. The number of halogens is 3. The van der Waals surface area contributed by atoms with E-state index in [1.165, 1.54) is 0 Å². The molecule has 1 saturated carbocycles. The minimum Gasteiger partial charge on any atom is -0.496 e. The second-order valence-corrected chi connectivity index (χ2v) is 9.91. The fourth-order valence-corrected chi connectivity index (χ4v) is 5.66. The third kappa shape index (κ3) is 4.57. The van der Waals surface area contributed by atoms with E-state index >= 15 is 0 Å². The normalized spacial score (nSPS) is 23.5. The first-order valence-electron chi connectivity index (χ1n) is 12.2. The molecule has 2 heterocycles. The Morgan fingerprint density at radius 2 is 1.89 bits per heavy atom. The second kappa shape index (κ2) is 9.44. The zero-order valence-electron chi connectivity index (χ0n) is 20.3. The minimum absolute atomic E-state index is 0.0788. The van der Waals surface area contributed by atoms with Crippen molar-refractivity contribution in [2.75, 3.05) is 26.7 Å². The van der Waals surface area contributed by atoms with Gasteiger partial charge in [0.2, 0.25) is 0 Å². The molecule has 2 N–H and O–H groups in total. The van der Waals surface area contributed by atoms with E-state index in [0.29, 0.717) is 26.2 Å². The van der Waals surface area contributed by atoms with Crippen molar-refractivity contribution in [2.24, 2.45) is 5.92 Å². The molecule has 0 spiro atoms. The van der Waals surface area contributed by atoms with Crippen LogP contribution in [0.2, 0.25) is 0 Å². The number of rotatable bonds is 6. The van der Waals surface area contributed by atoms with Gasteiger partial charge in [0, 0.05) is 60.9 Å². The lowest BCUT2D eigenvalue weighted by Crippen LogP contribution is -2.56. The number of aromatic nitrogens is 1. The van der Waals surface area contributed by atoms with Gasteiger partial charge in [0.1, 0.15) is 5.75 Å². The van der Waals surface area contributed by atoms with Crippen LogP contribution in [0.4, 0.5) is 13.2 Å². The van der Waals surface area contributed by atoms with Crippen molar-refractivity contribution in [1.82, 2.24) is 14.8 Å². The molecule has 3 aromatic rings. The number of aryl methyl sites for hydroxylation is 1. The average Bonchev–Trinajstić information content (AvgIpc) is 3.30. The molecule has 0 bridgehead atoms. The van der Waals surface area contributed by atoms with E-state index in [9.17, 15) is 23.1 Å². The van der Waals surface area contributed by atoms with E-state index < -0.39 is 18.1 Å². The smallest absolute Gasteiger partial charge is 0.391 e. The van der Waals surface area contributed by atoms with Gasteiger partial charge in [-0.15, -0.1) is 0 Å². The summed E-state index contributed by atoms with van der Waals surface area (Å²) in [5.41, 5.74) is 4.36. The van der Waals surface area contributed by atoms with Crippen molar-refractivity contribution < 1.29 is 27.8 Å². The molecule has 0 amide bonds. The highest BCUT2D eigenvalue weighted by molar-refractivity contribution is 5.88. The van der Waals surface area contributed by atoms with E-state index in [2.05, 4.69) is 14.8 Å². The second-order valence-electron chi connectivity index (χ2n) is 9.91. The van der Waals surface area contributed by atoms with Crippen molar-refractivity contribution in [3.63, 3.8) is 0 Å². The van der Waals surface area contributed by atoms with Gasteiger partial charge in [-0.3, -0.25) is 9.80 Å². The molecule has 2 aromatic carbocycles. The number of hydrogen-bond donors (Lipinski definition) is 2. The molecule has 1 saturated heterocycles. The summed E-state index contributed by atoms with van der Waals surface area (Å²) in [6.45, 7) is 4.59. The lowest BCUT2D eigenvalue weighted by molar-refractivity contribution is -0.208. The van der Waals surface area contributed by atoms with Crippen molar-refractivity contribution in [3.8, 4) is 5.75 Å². The highest BCUT2D eigenvalue weighted by Crippen LogP contribution is 2.44. The number of benzene rings is 2. The molecular weight excluding hydrogens is 471 g/mol. The summed E-state index contributed by atoms with van der Waals surface area (Å²) in [4.78, 5) is 19.2. The number of nitrogens with one attached hydrogen (secondary N) is 1. The fourth-order valence-electron chi connectivity index (χ4n) is 5.66. The Kier molecular flexibility index (Phi) is 6.46. The molecule has 6 nitrogen and oxygen atoms in total. The van der Waals surface area contributed by atoms with Crippen molar-refractivity contribution in [3.05, 3.63) is 64.8 Å². The lowest BCUT2D eigenvalue weighted by atomic mass is 9.78. The van der Waals surface area contributed by atoms with Crippen LogP contribution in [-0.2, 0) is 6.54 Å². The van der Waals surface area contributed by atoms with Crippen LogP contribution in [0.25, 0.3) is 10.9 Å². The number of carboxylic acids is 1. The number of carbonyl (C=O) groups is 1. The van der Waals surface area contributed by atoms with Crippen LogP contribution < -0.4 is 4.74 Å². The number of methoxy groups -OCH3 is 1. The molecule has 1 aromatic heterocycles. The average molecular weight is 502 g/mol. The largest absolute Gasteiger partial charge is 0.496 e. The number of piperazine rings is 1. The molecule has 2 fully saturated rings. The SMILES string of the molecule is COc1cc(C)c2[nH]ccc2c1CN1CCN(C2CC(C(F)(F)F)C2)C[C@@H]1c1ccc(C(=O)O)cc1. The fraction of sp³-hybridized carbons (Fsp3) is 0.444. The molecule has 1 atom stereocenters. The highest BCUT2D eigenvalue weighted by Gasteiger charge is 2.50. The molecule has 5 rings (SSSR count). The topological polar surface area (TPSA) is 68.8 Å². The monoisotopic (exact) mass is 501 g/mol. The summed E-state index contributed by atoms with van der Waals surface area (Å²) in [6.07, 6.45) is -1.93. The number of carboxylic acid groups (broad SMARTS) is 1. The van der Waals surface area contributed by atoms with E-state index in [-0.39, 0.29) is 30.5 Å². The van der Waals surface area contributed by atoms with Gasteiger partial charge in [0.25, 0.3) is 0 Å². The first kappa shape index (κ1) is 24.6. The molecule has 0 unspecified atom stereocenters. The summed E-state index contributed by atoms with van der Waals surface area (Å²) in [7, 11) is 1.66. The Morgan fingerprint density at radius 3 is 2.53 bits per heavy atom. The molecule has 2 aliphatic rings. The van der Waals surface area contributed by atoms with Crippen LogP contribution in [0.15, 0.2) is 42.6 Å². The van der Waals surface area contributed by atoms with Gasteiger partial charge < -0.3 is 14.8 Å².